The zero-order valence-electron chi connectivity index (χ0n) is 16.2. The van der Waals surface area contributed by atoms with Gasteiger partial charge in [0.2, 0.25) is 0 Å². The fraction of sp³-hybridized carbons (Fsp3) is 0.111. The third kappa shape index (κ3) is 3.57. The average molecular weight is 348 g/mol. The van der Waals surface area contributed by atoms with Crippen LogP contribution in [0.1, 0.15) is 16.7 Å². The first-order chi connectivity index (χ1) is 13.1. The Labute approximate surface area is 162 Å². The largest absolute Gasteiger partial charge is 0.0620 e. The van der Waals surface area contributed by atoms with Gasteiger partial charge in [0, 0.05) is 0 Å². The van der Waals surface area contributed by atoms with E-state index in [1.165, 1.54) is 50.1 Å². The van der Waals surface area contributed by atoms with Gasteiger partial charge in [-0.3, -0.25) is 0 Å². The molecule has 0 saturated carbocycles. The minimum atomic E-state index is 1.25. The van der Waals surface area contributed by atoms with Crippen molar-refractivity contribution >= 4 is 0 Å². The van der Waals surface area contributed by atoms with Crippen molar-refractivity contribution < 1.29 is 0 Å². The lowest BCUT2D eigenvalue weighted by Gasteiger charge is -2.12. The highest BCUT2D eigenvalue weighted by molar-refractivity contribution is 5.78. The topological polar surface area (TPSA) is 0 Å². The molecule has 132 valence electrons. The predicted molar refractivity (Wildman–Crippen MR) is 117 cm³/mol. The molecule has 0 aliphatic carbocycles. The summed E-state index contributed by atoms with van der Waals surface area (Å²) in [6.45, 7) is 6.49. The summed E-state index contributed by atoms with van der Waals surface area (Å²) in [5.74, 6) is 0. The lowest BCUT2D eigenvalue weighted by molar-refractivity contribution is 1.41. The first-order valence-electron chi connectivity index (χ1n) is 9.46. The van der Waals surface area contributed by atoms with Gasteiger partial charge in [-0.2, -0.15) is 0 Å². The molecular weight excluding hydrogens is 324 g/mol. The summed E-state index contributed by atoms with van der Waals surface area (Å²) in [5.41, 5.74) is 11.6. The van der Waals surface area contributed by atoms with Crippen LogP contribution in [-0.2, 0) is 0 Å². The zero-order chi connectivity index (χ0) is 18.8. The van der Waals surface area contributed by atoms with Crippen molar-refractivity contribution in [1.29, 1.82) is 0 Å². The van der Waals surface area contributed by atoms with E-state index in [0.29, 0.717) is 0 Å². The standard InChI is InChI=1S/C27H24/c1-19-8-11-22(12-9-19)23-14-16-24(17-15-23)25-13-10-21(3)27(18-25)26-7-5-4-6-20(26)2/h4-18H,1-3H3. The van der Waals surface area contributed by atoms with Crippen LogP contribution in [0.3, 0.4) is 0 Å². The van der Waals surface area contributed by atoms with Crippen molar-refractivity contribution in [1.82, 2.24) is 0 Å². The molecule has 4 rings (SSSR count). The maximum Gasteiger partial charge on any atom is -0.0146 e. The lowest BCUT2D eigenvalue weighted by atomic mass is 9.92. The Morgan fingerprint density at radius 2 is 0.889 bits per heavy atom. The monoisotopic (exact) mass is 348 g/mol. The molecule has 4 aromatic rings. The van der Waals surface area contributed by atoms with E-state index < -0.39 is 0 Å². The molecular formula is C27H24. The molecule has 0 bridgehead atoms. The second-order valence-corrected chi connectivity index (χ2v) is 7.29. The van der Waals surface area contributed by atoms with Gasteiger partial charge >= 0.3 is 0 Å². The highest BCUT2D eigenvalue weighted by atomic mass is 14.1. The van der Waals surface area contributed by atoms with E-state index in [9.17, 15) is 0 Å². The van der Waals surface area contributed by atoms with Crippen molar-refractivity contribution in [3.63, 3.8) is 0 Å². The highest BCUT2D eigenvalue weighted by Crippen LogP contribution is 2.32. The maximum atomic E-state index is 2.32. The Balaban J connectivity index is 1.71. The molecule has 0 aliphatic rings. The zero-order valence-corrected chi connectivity index (χ0v) is 16.2. The minimum absolute atomic E-state index is 1.25. The lowest BCUT2D eigenvalue weighted by Crippen LogP contribution is -1.88. The maximum absolute atomic E-state index is 2.32. The Kier molecular flexibility index (Phi) is 4.64. The van der Waals surface area contributed by atoms with Crippen LogP contribution < -0.4 is 0 Å². The van der Waals surface area contributed by atoms with Crippen LogP contribution in [0.2, 0.25) is 0 Å². The normalized spacial score (nSPS) is 10.8. The molecule has 0 N–H and O–H groups in total. The summed E-state index contributed by atoms with van der Waals surface area (Å²) < 4.78 is 0. The molecule has 0 aromatic heterocycles. The number of aryl methyl sites for hydroxylation is 3. The number of hydrogen-bond acceptors (Lipinski definition) is 0. The molecule has 0 radical (unpaired) electrons. The average Bonchev–Trinajstić information content (AvgIpc) is 2.70. The van der Waals surface area contributed by atoms with Crippen LogP contribution in [0.5, 0.6) is 0 Å². The SMILES string of the molecule is Cc1ccc(-c2ccc(-c3ccc(C)c(-c4ccccc4C)c3)cc2)cc1. The Morgan fingerprint density at radius 1 is 0.407 bits per heavy atom. The van der Waals surface area contributed by atoms with Crippen molar-refractivity contribution in [3.8, 4) is 33.4 Å². The molecule has 0 saturated heterocycles. The summed E-state index contributed by atoms with van der Waals surface area (Å²) in [7, 11) is 0. The van der Waals surface area contributed by atoms with Gasteiger partial charge in [-0.05, 0) is 71.3 Å². The van der Waals surface area contributed by atoms with E-state index in [2.05, 4.69) is 112 Å². The van der Waals surface area contributed by atoms with Crippen molar-refractivity contribution in [2.75, 3.05) is 0 Å². The van der Waals surface area contributed by atoms with Gasteiger partial charge in [0.15, 0.2) is 0 Å². The van der Waals surface area contributed by atoms with Crippen molar-refractivity contribution in [3.05, 3.63) is 108 Å². The predicted octanol–water partition coefficient (Wildman–Crippen LogP) is 7.61. The third-order valence-corrected chi connectivity index (χ3v) is 5.28. The molecule has 0 fully saturated rings. The molecule has 0 heteroatoms. The van der Waals surface area contributed by atoms with Gasteiger partial charge < -0.3 is 0 Å². The van der Waals surface area contributed by atoms with Crippen LogP contribution >= 0.6 is 0 Å². The van der Waals surface area contributed by atoms with Gasteiger partial charge in [-0.1, -0.05) is 90.5 Å². The third-order valence-electron chi connectivity index (χ3n) is 5.28. The van der Waals surface area contributed by atoms with Gasteiger partial charge in [0.1, 0.15) is 0 Å². The Hall–Kier alpha value is -3.12. The van der Waals surface area contributed by atoms with Gasteiger partial charge in [-0.25, -0.2) is 0 Å². The van der Waals surface area contributed by atoms with E-state index in [-0.39, 0.29) is 0 Å². The molecule has 4 aromatic carbocycles. The summed E-state index contributed by atoms with van der Waals surface area (Å²) in [6, 6.07) is 33.0. The van der Waals surface area contributed by atoms with E-state index in [1.54, 1.807) is 0 Å². The van der Waals surface area contributed by atoms with E-state index >= 15 is 0 Å². The number of hydrogen-bond donors (Lipinski definition) is 0. The van der Waals surface area contributed by atoms with E-state index in [4.69, 9.17) is 0 Å². The molecule has 0 aliphatic heterocycles. The summed E-state index contributed by atoms with van der Waals surface area (Å²) in [6.07, 6.45) is 0. The Bertz CT molecular complexity index is 1070. The molecule has 0 unspecified atom stereocenters. The van der Waals surface area contributed by atoms with Crippen molar-refractivity contribution in [2.24, 2.45) is 0 Å². The second-order valence-electron chi connectivity index (χ2n) is 7.29. The van der Waals surface area contributed by atoms with Crippen LogP contribution in [0.25, 0.3) is 33.4 Å². The number of rotatable bonds is 3. The van der Waals surface area contributed by atoms with Gasteiger partial charge in [0.05, 0.1) is 0 Å². The van der Waals surface area contributed by atoms with Gasteiger partial charge in [0.25, 0.3) is 0 Å². The van der Waals surface area contributed by atoms with E-state index in [0.717, 1.165) is 0 Å². The quantitative estimate of drug-likeness (QED) is 0.357. The number of benzene rings is 4. The highest BCUT2D eigenvalue weighted by Gasteiger charge is 2.07. The fourth-order valence-electron chi connectivity index (χ4n) is 3.57. The smallest absolute Gasteiger partial charge is 0.0146 e. The summed E-state index contributed by atoms with van der Waals surface area (Å²) in [5, 5.41) is 0. The Morgan fingerprint density at radius 3 is 1.52 bits per heavy atom. The molecule has 0 nitrogen and oxygen atoms in total. The van der Waals surface area contributed by atoms with E-state index in [1.807, 2.05) is 0 Å². The van der Waals surface area contributed by atoms with Crippen LogP contribution in [0.15, 0.2) is 91.0 Å². The fourth-order valence-corrected chi connectivity index (χ4v) is 3.57. The molecule has 0 amide bonds. The van der Waals surface area contributed by atoms with Crippen LogP contribution in [0, 0.1) is 20.8 Å². The molecule has 27 heavy (non-hydrogen) atoms. The van der Waals surface area contributed by atoms with Crippen LogP contribution in [0.4, 0.5) is 0 Å². The van der Waals surface area contributed by atoms with Gasteiger partial charge in [-0.15, -0.1) is 0 Å². The first-order valence-corrected chi connectivity index (χ1v) is 9.46. The molecule has 0 heterocycles. The molecule has 0 spiro atoms. The summed E-state index contributed by atoms with van der Waals surface area (Å²) in [4.78, 5) is 0. The minimum Gasteiger partial charge on any atom is -0.0620 e. The molecule has 0 atom stereocenters. The second kappa shape index (κ2) is 7.25. The summed E-state index contributed by atoms with van der Waals surface area (Å²) >= 11 is 0. The van der Waals surface area contributed by atoms with Crippen LogP contribution in [-0.4, -0.2) is 0 Å². The first kappa shape index (κ1) is 17.3. The van der Waals surface area contributed by atoms with Crippen molar-refractivity contribution in [2.45, 2.75) is 20.8 Å².